The smallest absolute Gasteiger partial charge is 0.199 e. The van der Waals surface area contributed by atoms with Crippen molar-refractivity contribution in [2.24, 2.45) is 0 Å². The molecule has 2 heteroatoms. The molecule has 1 rings (SSSR count). The predicted molar refractivity (Wildman–Crippen MR) is 44.9 cm³/mol. The van der Waals surface area contributed by atoms with Crippen LogP contribution in [0.3, 0.4) is 0 Å². The molecule has 0 unspecified atom stereocenters. The monoisotopic (exact) mass is 141 g/mol. The normalized spacial score (nSPS) is 6.60. The Bertz CT molecular complexity index is 137. The summed E-state index contributed by atoms with van der Waals surface area (Å²) in [6.45, 7) is 4.00. The first-order valence-corrected chi connectivity index (χ1v) is 3.11. The van der Waals surface area contributed by atoms with Crippen LogP contribution >= 0.6 is 0 Å². The summed E-state index contributed by atoms with van der Waals surface area (Å²) in [6.07, 6.45) is 3.56. The number of nitrogen functional groups attached to an aromatic ring is 1. The van der Waals surface area contributed by atoms with Crippen molar-refractivity contribution in [3.63, 3.8) is 0 Å². The lowest BCUT2D eigenvalue weighted by Crippen LogP contribution is -2.42. The molecule has 0 aliphatic heterocycles. The highest BCUT2D eigenvalue weighted by Crippen LogP contribution is 1.70. The topological polar surface area (TPSA) is 29.9 Å². The minimum atomic E-state index is 0. The predicted octanol–water partition coefficient (Wildman–Crippen LogP) is 1.35. The van der Waals surface area contributed by atoms with E-state index in [1.807, 2.05) is 32.0 Å². The van der Waals surface area contributed by atoms with Gasteiger partial charge in [-0.05, 0) is 0 Å². The van der Waals surface area contributed by atoms with Gasteiger partial charge in [-0.1, -0.05) is 32.0 Å². The summed E-state index contributed by atoms with van der Waals surface area (Å²) in [7, 11) is 0. The summed E-state index contributed by atoms with van der Waals surface area (Å²) in [4.78, 5) is 0. The zero-order valence-electron chi connectivity index (χ0n) is 5.91. The van der Waals surface area contributed by atoms with Crippen molar-refractivity contribution < 1.29 is 4.68 Å². The molecule has 0 aliphatic carbocycles. The Morgan fingerprint density at radius 2 is 1.40 bits per heavy atom. The minimum absolute atomic E-state index is 0. The lowest BCUT2D eigenvalue weighted by atomic mass is 10.5. The Balaban J connectivity index is 0. The molecule has 0 saturated carbocycles. The van der Waals surface area contributed by atoms with Crippen molar-refractivity contribution in [3.8, 4) is 0 Å². The van der Waals surface area contributed by atoms with E-state index in [1.165, 1.54) is 4.68 Å². The maximum Gasteiger partial charge on any atom is 0.199 e. The van der Waals surface area contributed by atoms with Crippen molar-refractivity contribution in [1.82, 2.24) is 0 Å². The maximum atomic E-state index is 5.27. The molecule has 2 N–H and O–H groups in total. The second-order valence-electron chi connectivity index (χ2n) is 1.32. The lowest BCUT2D eigenvalue weighted by Gasteiger charge is -1.76. The Morgan fingerprint density at radius 3 is 1.60 bits per heavy atom. The van der Waals surface area contributed by atoms with Crippen LogP contribution in [0.4, 0.5) is 0 Å². The van der Waals surface area contributed by atoms with Gasteiger partial charge >= 0.3 is 0 Å². The van der Waals surface area contributed by atoms with Gasteiger partial charge in [-0.15, -0.1) is 0 Å². The van der Waals surface area contributed by atoms with Gasteiger partial charge in [0, 0.05) is 12.1 Å². The molecule has 0 aromatic carbocycles. The Labute approximate surface area is 63.3 Å². The van der Waals surface area contributed by atoms with Crippen LogP contribution in [0, 0.1) is 0 Å². The zero-order chi connectivity index (χ0) is 7.11. The van der Waals surface area contributed by atoms with Crippen LogP contribution in [0.1, 0.15) is 21.3 Å². The van der Waals surface area contributed by atoms with Crippen LogP contribution in [0.25, 0.3) is 0 Å². The van der Waals surface area contributed by atoms with Crippen LogP contribution in [-0.4, -0.2) is 0 Å². The van der Waals surface area contributed by atoms with Gasteiger partial charge in [0.1, 0.15) is 0 Å². The second-order valence-corrected chi connectivity index (χ2v) is 1.32. The van der Waals surface area contributed by atoms with Crippen LogP contribution < -0.4 is 10.5 Å². The van der Waals surface area contributed by atoms with Crippen molar-refractivity contribution in [2.75, 3.05) is 5.84 Å². The number of rotatable bonds is 0. The molecule has 0 amide bonds. The third-order valence-electron chi connectivity index (χ3n) is 0.739. The average molecular weight is 141 g/mol. The van der Waals surface area contributed by atoms with Gasteiger partial charge in [0.25, 0.3) is 0 Å². The second kappa shape index (κ2) is 7.95. The number of aromatic nitrogens is 1. The number of nitrogens with zero attached hydrogens (tertiary/aromatic N) is 1. The molecule has 0 fully saturated rings. The molecule has 0 saturated heterocycles. The fourth-order valence-electron chi connectivity index (χ4n) is 0.412. The van der Waals surface area contributed by atoms with Crippen LogP contribution in [0.5, 0.6) is 0 Å². The molecule has 58 valence electrons. The van der Waals surface area contributed by atoms with E-state index in [9.17, 15) is 0 Å². The Kier molecular flexibility index (Phi) is 9.31. The van der Waals surface area contributed by atoms with Crippen LogP contribution in [0.15, 0.2) is 30.6 Å². The quantitative estimate of drug-likeness (QED) is 0.429. The molecule has 1 heterocycles. The highest BCUT2D eigenvalue weighted by atomic mass is 15.3. The third kappa shape index (κ3) is 5.09. The highest BCUT2D eigenvalue weighted by Gasteiger charge is 1.79. The average Bonchev–Trinajstić information content (AvgIpc) is 1.94. The van der Waals surface area contributed by atoms with Crippen LogP contribution in [0.2, 0.25) is 0 Å². The molecule has 1 aromatic rings. The molecular weight excluding hydrogens is 124 g/mol. The van der Waals surface area contributed by atoms with Gasteiger partial charge < -0.3 is 0 Å². The number of hydrogen-bond acceptors (Lipinski definition) is 1. The summed E-state index contributed by atoms with van der Waals surface area (Å²) in [5.41, 5.74) is 0. The summed E-state index contributed by atoms with van der Waals surface area (Å²) in [5.74, 6) is 5.27. The number of hydrogen-bond donors (Lipinski definition) is 1. The molecule has 0 bridgehead atoms. The van der Waals surface area contributed by atoms with Gasteiger partial charge in [0.05, 0.1) is 0 Å². The summed E-state index contributed by atoms with van der Waals surface area (Å²) < 4.78 is 1.50. The van der Waals surface area contributed by atoms with E-state index in [4.69, 9.17) is 5.84 Å². The summed E-state index contributed by atoms with van der Waals surface area (Å²) in [6, 6.07) is 5.67. The van der Waals surface area contributed by atoms with Crippen molar-refractivity contribution in [1.29, 1.82) is 0 Å². The fourth-order valence-corrected chi connectivity index (χ4v) is 0.412. The number of nitrogens with two attached hydrogens (primary N) is 1. The van der Waals surface area contributed by atoms with Gasteiger partial charge in [-0.25, -0.2) is 5.84 Å². The summed E-state index contributed by atoms with van der Waals surface area (Å²) in [5, 5.41) is 0. The maximum absolute atomic E-state index is 5.27. The van der Waals surface area contributed by atoms with E-state index in [2.05, 4.69) is 0 Å². The van der Waals surface area contributed by atoms with E-state index in [0.717, 1.165) is 0 Å². The molecule has 0 radical (unpaired) electrons. The minimum Gasteiger partial charge on any atom is -0.205 e. The molecule has 0 atom stereocenters. The van der Waals surface area contributed by atoms with E-state index in [-0.39, 0.29) is 7.43 Å². The van der Waals surface area contributed by atoms with E-state index in [1.54, 1.807) is 12.4 Å². The Hall–Kier alpha value is -1.05. The van der Waals surface area contributed by atoms with Gasteiger partial charge in [-0.3, -0.25) is 0 Å². The van der Waals surface area contributed by atoms with Crippen LogP contribution in [-0.2, 0) is 0 Å². The van der Waals surface area contributed by atoms with E-state index in [0.29, 0.717) is 0 Å². The number of pyridine rings is 1. The standard InChI is InChI=1S/C5H7N2.C2H6.CH4/c6-7-4-2-1-3-5-7;1-2;/h1-5H,6H2;1-2H3;1H4/q+1;;. The lowest BCUT2D eigenvalue weighted by molar-refractivity contribution is -0.638. The largest absolute Gasteiger partial charge is 0.205 e. The van der Waals surface area contributed by atoms with Crippen molar-refractivity contribution >= 4 is 0 Å². The zero-order valence-corrected chi connectivity index (χ0v) is 5.91. The highest BCUT2D eigenvalue weighted by molar-refractivity contribution is 4.83. The van der Waals surface area contributed by atoms with E-state index >= 15 is 0 Å². The Morgan fingerprint density at radius 1 is 1.00 bits per heavy atom. The van der Waals surface area contributed by atoms with Crippen molar-refractivity contribution in [3.05, 3.63) is 30.6 Å². The molecule has 0 aliphatic rings. The fraction of sp³-hybridized carbons (Fsp3) is 0.375. The first-order valence-electron chi connectivity index (χ1n) is 3.11. The van der Waals surface area contributed by atoms with Gasteiger partial charge in [0.15, 0.2) is 12.4 Å². The molecular formula is C8H17N2+. The first kappa shape index (κ1) is 11.7. The first-order chi connectivity index (χ1) is 4.39. The van der Waals surface area contributed by atoms with Gasteiger partial charge in [0.2, 0.25) is 0 Å². The van der Waals surface area contributed by atoms with Gasteiger partial charge in [-0.2, -0.15) is 0 Å². The SMILES string of the molecule is C.CC.N[n+]1ccccc1. The molecule has 2 nitrogen and oxygen atoms in total. The molecule has 10 heavy (non-hydrogen) atoms. The van der Waals surface area contributed by atoms with E-state index < -0.39 is 0 Å². The third-order valence-corrected chi connectivity index (χ3v) is 0.739. The molecule has 1 aromatic heterocycles. The van der Waals surface area contributed by atoms with Crippen molar-refractivity contribution in [2.45, 2.75) is 21.3 Å². The summed E-state index contributed by atoms with van der Waals surface area (Å²) >= 11 is 0. The molecule has 0 spiro atoms.